The highest BCUT2D eigenvalue weighted by Gasteiger charge is 2.33. The van der Waals surface area contributed by atoms with Gasteiger partial charge in [-0.05, 0) is 25.0 Å². The summed E-state index contributed by atoms with van der Waals surface area (Å²) < 4.78 is 11.6. The molecule has 0 spiro atoms. The first kappa shape index (κ1) is 13.8. The van der Waals surface area contributed by atoms with E-state index in [2.05, 4.69) is 4.90 Å². The number of fused-ring (bicyclic) bond motifs is 2. The zero-order chi connectivity index (χ0) is 13.9. The maximum atomic E-state index is 5.82. The topological polar surface area (TPSA) is 47.7 Å². The van der Waals surface area contributed by atoms with Gasteiger partial charge in [-0.25, -0.2) is 0 Å². The molecule has 4 nitrogen and oxygen atoms in total. The minimum Gasteiger partial charge on any atom is -0.492 e. The van der Waals surface area contributed by atoms with Crippen molar-refractivity contribution < 1.29 is 9.47 Å². The molecule has 2 atom stereocenters. The van der Waals surface area contributed by atoms with Gasteiger partial charge in [-0.2, -0.15) is 0 Å². The quantitative estimate of drug-likeness (QED) is 0.835. The lowest BCUT2D eigenvalue weighted by Gasteiger charge is -2.31. The van der Waals surface area contributed by atoms with E-state index in [0.717, 1.165) is 30.9 Å². The highest BCUT2D eigenvalue weighted by molar-refractivity contribution is 7.80. The van der Waals surface area contributed by atoms with Crippen LogP contribution < -0.4 is 10.5 Å². The van der Waals surface area contributed by atoms with E-state index in [1.807, 2.05) is 24.3 Å². The number of likely N-dealkylation sites (tertiary alicyclic amines) is 1. The fourth-order valence-electron chi connectivity index (χ4n) is 2.91. The summed E-state index contributed by atoms with van der Waals surface area (Å²) in [6, 6.07) is 7.64. The van der Waals surface area contributed by atoms with Gasteiger partial charge >= 0.3 is 0 Å². The van der Waals surface area contributed by atoms with E-state index in [4.69, 9.17) is 27.4 Å². The van der Waals surface area contributed by atoms with Crippen molar-refractivity contribution in [3.05, 3.63) is 29.8 Å². The Kier molecular flexibility index (Phi) is 4.19. The van der Waals surface area contributed by atoms with Gasteiger partial charge in [0.25, 0.3) is 0 Å². The lowest BCUT2D eigenvalue weighted by atomic mass is 10.2. The summed E-state index contributed by atoms with van der Waals surface area (Å²) >= 11 is 4.97. The molecule has 2 aliphatic rings. The van der Waals surface area contributed by atoms with Crippen molar-refractivity contribution in [2.24, 2.45) is 5.73 Å². The number of hydrogen-bond donors (Lipinski definition) is 1. The van der Waals surface area contributed by atoms with Crippen molar-refractivity contribution in [1.82, 2.24) is 4.90 Å². The second-order valence-electron chi connectivity index (χ2n) is 5.46. The third-order valence-corrected chi connectivity index (χ3v) is 4.15. The summed E-state index contributed by atoms with van der Waals surface area (Å²) in [6.07, 6.45) is 3.29. The van der Waals surface area contributed by atoms with Crippen LogP contribution in [-0.4, -0.2) is 48.3 Å². The van der Waals surface area contributed by atoms with Gasteiger partial charge in [0.1, 0.15) is 17.3 Å². The molecule has 0 saturated carbocycles. The smallest absolute Gasteiger partial charge is 0.120 e. The van der Waals surface area contributed by atoms with E-state index in [1.165, 1.54) is 12.8 Å². The molecule has 2 heterocycles. The maximum absolute atomic E-state index is 5.82. The first-order chi connectivity index (χ1) is 9.70. The van der Waals surface area contributed by atoms with Crippen LogP contribution in [0.5, 0.6) is 5.75 Å². The second-order valence-corrected chi connectivity index (χ2v) is 5.90. The van der Waals surface area contributed by atoms with Gasteiger partial charge in [-0.3, -0.25) is 4.90 Å². The van der Waals surface area contributed by atoms with E-state index in [1.54, 1.807) is 0 Å². The fourth-order valence-corrected chi connectivity index (χ4v) is 3.04. The van der Waals surface area contributed by atoms with Crippen molar-refractivity contribution in [1.29, 1.82) is 0 Å². The zero-order valence-corrected chi connectivity index (χ0v) is 12.3. The Morgan fingerprint density at radius 2 is 2.10 bits per heavy atom. The molecule has 2 saturated heterocycles. The molecule has 0 aliphatic carbocycles. The number of morpholine rings is 1. The first-order valence-corrected chi connectivity index (χ1v) is 7.52. The molecule has 2 aliphatic heterocycles. The predicted octanol–water partition coefficient (Wildman–Crippen LogP) is 1.56. The monoisotopic (exact) mass is 292 g/mol. The number of nitrogens with two attached hydrogens (primary N) is 1. The number of benzene rings is 1. The Bertz CT molecular complexity index is 483. The van der Waals surface area contributed by atoms with Crippen molar-refractivity contribution in [3.63, 3.8) is 0 Å². The third kappa shape index (κ3) is 3.29. The van der Waals surface area contributed by atoms with E-state index in [9.17, 15) is 0 Å². The minimum atomic E-state index is 0.403. The molecular weight excluding hydrogens is 272 g/mol. The van der Waals surface area contributed by atoms with Crippen LogP contribution >= 0.6 is 12.2 Å². The Morgan fingerprint density at radius 1 is 1.35 bits per heavy atom. The molecule has 2 unspecified atom stereocenters. The molecule has 108 valence electrons. The number of hydrogen-bond acceptors (Lipinski definition) is 4. The second kappa shape index (κ2) is 6.08. The Balaban J connectivity index is 1.48. The molecule has 0 aromatic heterocycles. The van der Waals surface area contributed by atoms with Gasteiger partial charge < -0.3 is 15.2 Å². The average molecular weight is 292 g/mol. The van der Waals surface area contributed by atoms with Gasteiger partial charge in [0, 0.05) is 25.2 Å². The van der Waals surface area contributed by atoms with Gasteiger partial charge in [0.15, 0.2) is 0 Å². The van der Waals surface area contributed by atoms with Crippen LogP contribution in [0.1, 0.15) is 18.4 Å². The molecule has 5 heteroatoms. The molecular formula is C15H20N2O2S. The summed E-state index contributed by atoms with van der Waals surface area (Å²) in [5.74, 6) is 0.825. The van der Waals surface area contributed by atoms with Crippen LogP contribution in [0, 0.1) is 0 Å². The molecule has 2 N–H and O–H groups in total. The van der Waals surface area contributed by atoms with Crippen molar-refractivity contribution in [2.45, 2.75) is 25.0 Å². The summed E-state index contributed by atoms with van der Waals surface area (Å²) in [4.78, 5) is 2.84. The van der Waals surface area contributed by atoms with Crippen LogP contribution in [-0.2, 0) is 4.74 Å². The van der Waals surface area contributed by atoms with Crippen LogP contribution in [0.2, 0.25) is 0 Å². The van der Waals surface area contributed by atoms with Gasteiger partial charge in [0.05, 0.1) is 12.2 Å². The fraction of sp³-hybridized carbons (Fsp3) is 0.533. The highest BCUT2D eigenvalue weighted by atomic mass is 32.1. The molecule has 0 radical (unpaired) electrons. The molecule has 2 bridgehead atoms. The van der Waals surface area contributed by atoms with Crippen LogP contribution in [0.15, 0.2) is 24.3 Å². The minimum absolute atomic E-state index is 0.403. The van der Waals surface area contributed by atoms with Crippen molar-refractivity contribution in [3.8, 4) is 5.75 Å². The Labute approximate surface area is 124 Å². The SMILES string of the molecule is NC(=S)c1cccc(OCCN2CC3CCC(C2)O3)c1. The number of nitrogens with zero attached hydrogens (tertiary/aromatic N) is 1. The van der Waals surface area contributed by atoms with Gasteiger partial charge in [0.2, 0.25) is 0 Å². The maximum Gasteiger partial charge on any atom is 0.120 e. The zero-order valence-electron chi connectivity index (χ0n) is 11.5. The molecule has 3 rings (SSSR count). The van der Waals surface area contributed by atoms with Gasteiger partial charge in [-0.1, -0.05) is 24.4 Å². The third-order valence-electron chi connectivity index (χ3n) is 3.91. The number of thiocarbonyl (C=S) groups is 1. The lowest BCUT2D eigenvalue weighted by molar-refractivity contribution is -0.0408. The molecule has 20 heavy (non-hydrogen) atoms. The summed E-state index contributed by atoms with van der Waals surface area (Å²) in [6.45, 7) is 3.69. The summed E-state index contributed by atoms with van der Waals surface area (Å²) in [7, 11) is 0. The molecule has 1 aromatic rings. The first-order valence-electron chi connectivity index (χ1n) is 7.11. The van der Waals surface area contributed by atoms with E-state index >= 15 is 0 Å². The Morgan fingerprint density at radius 3 is 2.80 bits per heavy atom. The molecule has 1 aromatic carbocycles. The normalized spacial score (nSPS) is 25.6. The van der Waals surface area contributed by atoms with Crippen molar-refractivity contribution >= 4 is 17.2 Å². The van der Waals surface area contributed by atoms with Gasteiger partial charge in [-0.15, -0.1) is 0 Å². The largest absolute Gasteiger partial charge is 0.492 e. The van der Waals surface area contributed by atoms with Crippen LogP contribution in [0.4, 0.5) is 0 Å². The summed E-state index contributed by atoms with van der Waals surface area (Å²) in [5.41, 5.74) is 6.47. The molecule has 0 amide bonds. The Hall–Kier alpha value is -1.17. The van der Waals surface area contributed by atoms with E-state index in [0.29, 0.717) is 23.8 Å². The van der Waals surface area contributed by atoms with Crippen LogP contribution in [0.3, 0.4) is 0 Å². The summed E-state index contributed by atoms with van der Waals surface area (Å²) in [5, 5.41) is 0. The van der Waals surface area contributed by atoms with E-state index in [-0.39, 0.29) is 0 Å². The number of ether oxygens (including phenoxy) is 2. The lowest BCUT2D eigenvalue weighted by Crippen LogP contribution is -2.44. The highest BCUT2D eigenvalue weighted by Crippen LogP contribution is 2.25. The van der Waals surface area contributed by atoms with E-state index < -0.39 is 0 Å². The standard InChI is InChI=1S/C15H20N2O2S/c16-15(20)11-2-1-3-12(8-11)18-7-6-17-9-13-4-5-14(10-17)19-13/h1-3,8,13-14H,4-7,9-10H2,(H2,16,20). The molecule has 2 fully saturated rings. The number of rotatable bonds is 5. The van der Waals surface area contributed by atoms with Crippen molar-refractivity contribution in [2.75, 3.05) is 26.2 Å². The predicted molar refractivity (Wildman–Crippen MR) is 82.2 cm³/mol. The average Bonchev–Trinajstić information content (AvgIpc) is 2.78. The van der Waals surface area contributed by atoms with Crippen LogP contribution in [0.25, 0.3) is 0 Å².